The number of aromatic carboxylic acids is 1. The van der Waals surface area contributed by atoms with Crippen molar-refractivity contribution >= 4 is 23.5 Å². The third-order valence-corrected chi connectivity index (χ3v) is 3.04. The molecular formula is C15H12ClNO4. The molecule has 0 heterocycles. The normalized spacial score (nSPS) is 10.1. The summed E-state index contributed by atoms with van der Waals surface area (Å²) < 4.78 is 5.48. The van der Waals surface area contributed by atoms with Gasteiger partial charge in [0.1, 0.15) is 17.9 Å². The van der Waals surface area contributed by atoms with Crippen LogP contribution in [0.25, 0.3) is 0 Å². The summed E-state index contributed by atoms with van der Waals surface area (Å²) in [6, 6.07) is 10.9. The van der Waals surface area contributed by atoms with Crippen LogP contribution < -0.4 is 10.5 Å². The molecule has 0 fully saturated rings. The predicted molar refractivity (Wildman–Crippen MR) is 77.7 cm³/mol. The van der Waals surface area contributed by atoms with Gasteiger partial charge in [-0.3, -0.25) is 4.79 Å². The van der Waals surface area contributed by atoms with E-state index in [1.807, 2.05) is 0 Å². The van der Waals surface area contributed by atoms with E-state index in [1.54, 1.807) is 30.3 Å². The maximum absolute atomic E-state index is 11.1. The molecule has 0 aliphatic rings. The molecule has 0 saturated carbocycles. The van der Waals surface area contributed by atoms with E-state index >= 15 is 0 Å². The maximum atomic E-state index is 11.1. The van der Waals surface area contributed by atoms with Gasteiger partial charge in [0, 0.05) is 10.6 Å². The van der Waals surface area contributed by atoms with Gasteiger partial charge in [-0.25, -0.2) is 4.79 Å². The standard InChI is InChI=1S/C15H12ClNO4/c16-11-5-6-13(12(7-11)15(19)20)21-8-9-1-3-10(4-2-9)14(17)18/h1-7H,8H2,(H2,17,18)(H,19,20). The predicted octanol–water partition coefficient (Wildman–Crippen LogP) is 2.72. The molecule has 2 aromatic carbocycles. The molecule has 108 valence electrons. The van der Waals surface area contributed by atoms with Crippen LogP contribution in [0.1, 0.15) is 26.3 Å². The van der Waals surface area contributed by atoms with Crippen molar-refractivity contribution in [2.24, 2.45) is 5.73 Å². The Kier molecular flexibility index (Phi) is 4.45. The number of nitrogens with two attached hydrogens (primary N) is 1. The SMILES string of the molecule is NC(=O)c1ccc(COc2ccc(Cl)cc2C(=O)O)cc1. The van der Waals surface area contributed by atoms with Gasteiger partial charge in [0.15, 0.2) is 0 Å². The topological polar surface area (TPSA) is 89.6 Å². The van der Waals surface area contributed by atoms with Crippen molar-refractivity contribution < 1.29 is 19.4 Å². The average Bonchev–Trinajstić information content (AvgIpc) is 2.46. The molecule has 1 amide bonds. The lowest BCUT2D eigenvalue weighted by molar-refractivity contribution is 0.0691. The summed E-state index contributed by atoms with van der Waals surface area (Å²) in [4.78, 5) is 22.1. The van der Waals surface area contributed by atoms with Crippen molar-refractivity contribution in [2.75, 3.05) is 0 Å². The number of carbonyl (C=O) groups excluding carboxylic acids is 1. The van der Waals surface area contributed by atoms with Gasteiger partial charge in [0.05, 0.1) is 0 Å². The molecule has 0 bridgehead atoms. The Bertz CT molecular complexity index is 683. The number of hydrogen-bond donors (Lipinski definition) is 2. The highest BCUT2D eigenvalue weighted by Crippen LogP contribution is 2.23. The lowest BCUT2D eigenvalue weighted by atomic mass is 10.1. The van der Waals surface area contributed by atoms with Crippen molar-refractivity contribution in [1.82, 2.24) is 0 Å². The first kappa shape index (κ1) is 14.9. The molecular weight excluding hydrogens is 294 g/mol. The molecule has 0 radical (unpaired) electrons. The van der Waals surface area contributed by atoms with Crippen LogP contribution in [0.4, 0.5) is 0 Å². The van der Waals surface area contributed by atoms with Crippen molar-refractivity contribution in [3.8, 4) is 5.75 Å². The quantitative estimate of drug-likeness (QED) is 0.888. The van der Waals surface area contributed by atoms with Crippen LogP contribution >= 0.6 is 11.6 Å². The van der Waals surface area contributed by atoms with Crippen LogP contribution in [-0.2, 0) is 6.61 Å². The highest BCUT2D eigenvalue weighted by Gasteiger charge is 2.12. The number of amides is 1. The molecule has 3 N–H and O–H groups in total. The van der Waals surface area contributed by atoms with Gasteiger partial charge in [-0.05, 0) is 35.9 Å². The van der Waals surface area contributed by atoms with Gasteiger partial charge >= 0.3 is 5.97 Å². The molecule has 21 heavy (non-hydrogen) atoms. The summed E-state index contributed by atoms with van der Waals surface area (Å²) in [6.45, 7) is 0.168. The summed E-state index contributed by atoms with van der Waals surface area (Å²) >= 11 is 5.76. The summed E-state index contributed by atoms with van der Waals surface area (Å²) in [5.74, 6) is -1.39. The average molecular weight is 306 g/mol. The zero-order valence-electron chi connectivity index (χ0n) is 10.9. The summed E-state index contributed by atoms with van der Waals surface area (Å²) in [7, 11) is 0. The number of benzene rings is 2. The van der Waals surface area contributed by atoms with E-state index in [0.29, 0.717) is 10.6 Å². The number of primary amides is 1. The Labute approximate surface area is 125 Å². The summed E-state index contributed by atoms with van der Waals surface area (Å²) in [6.07, 6.45) is 0. The minimum absolute atomic E-state index is 0.00347. The molecule has 2 rings (SSSR count). The van der Waals surface area contributed by atoms with Crippen molar-refractivity contribution in [2.45, 2.75) is 6.61 Å². The van der Waals surface area contributed by atoms with Crippen molar-refractivity contribution in [1.29, 1.82) is 0 Å². The zero-order chi connectivity index (χ0) is 15.4. The highest BCUT2D eigenvalue weighted by atomic mass is 35.5. The number of carboxylic acid groups (broad SMARTS) is 1. The second kappa shape index (κ2) is 6.28. The molecule has 0 spiro atoms. The summed E-state index contributed by atoms with van der Waals surface area (Å²) in [5, 5.41) is 9.42. The summed E-state index contributed by atoms with van der Waals surface area (Å²) in [5.41, 5.74) is 6.33. The van der Waals surface area contributed by atoms with Crippen molar-refractivity contribution in [3.63, 3.8) is 0 Å². The fourth-order valence-electron chi connectivity index (χ4n) is 1.72. The van der Waals surface area contributed by atoms with Gasteiger partial charge in [0.25, 0.3) is 0 Å². The zero-order valence-corrected chi connectivity index (χ0v) is 11.6. The van der Waals surface area contributed by atoms with E-state index in [0.717, 1.165) is 5.56 Å². The van der Waals surface area contributed by atoms with Crippen LogP contribution in [0.15, 0.2) is 42.5 Å². The lowest BCUT2D eigenvalue weighted by Gasteiger charge is -2.09. The minimum Gasteiger partial charge on any atom is -0.488 e. The Morgan fingerprint density at radius 2 is 1.81 bits per heavy atom. The third-order valence-electron chi connectivity index (χ3n) is 2.80. The fraction of sp³-hybridized carbons (Fsp3) is 0.0667. The first-order valence-electron chi connectivity index (χ1n) is 6.02. The third kappa shape index (κ3) is 3.73. The first-order valence-corrected chi connectivity index (χ1v) is 6.39. The van der Waals surface area contributed by atoms with Crippen LogP contribution in [0, 0.1) is 0 Å². The largest absolute Gasteiger partial charge is 0.488 e. The van der Waals surface area contributed by atoms with Crippen LogP contribution in [-0.4, -0.2) is 17.0 Å². The molecule has 0 aliphatic carbocycles. The molecule has 0 aliphatic heterocycles. The Balaban J connectivity index is 2.13. The van der Waals surface area contributed by atoms with Crippen LogP contribution in [0.3, 0.4) is 0 Å². The first-order chi connectivity index (χ1) is 9.97. The Hall–Kier alpha value is -2.53. The van der Waals surface area contributed by atoms with Gasteiger partial charge < -0.3 is 15.6 Å². The van der Waals surface area contributed by atoms with Gasteiger partial charge in [0.2, 0.25) is 5.91 Å². The van der Waals surface area contributed by atoms with Crippen LogP contribution in [0.2, 0.25) is 5.02 Å². The van der Waals surface area contributed by atoms with E-state index in [2.05, 4.69) is 0 Å². The molecule has 2 aromatic rings. The van der Waals surface area contributed by atoms with E-state index in [9.17, 15) is 9.59 Å². The van der Waals surface area contributed by atoms with E-state index in [4.69, 9.17) is 27.2 Å². The smallest absolute Gasteiger partial charge is 0.339 e. The second-order valence-electron chi connectivity index (χ2n) is 4.30. The van der Waals surface area contributed by atoms with Gasteiger partial charge in [-0.2, -0.15) is 0 Å². The second-order valence-corrected chi connectivity index (χ2v) is 4.73. The monoisotopic (exact) mass is 305 g/mol. The molecule has 0 saturated heterocycles. The number of ether oxygens (including phenoxy) is 1. The minimum atomic E-state index is -1.11. The Morgan fingerprint density at radius 3 is 2.38 bits per heavy atom. The molecule has 6 heteroatoms. The number of carbonyl (C=O) groups is 2. The van der Waals surface area contributed by atoms with E-state index < -0.39 is 11.9 Å². The molecule has 0 atom stereocenters. The van der Waals surface area contributed by atoms with Gasteiger partial charge in [-0.1, -0.05) is 23.7 Å². The molecule has 5 nitrogen and oxygen atoms in total. The van der Waals surface area contributed by atoms with Crippen LogP contribution in [0.5, 0.6) is 5.75 Å². The lowest BCUT2D eigenvalue weighted by Crippen LogP contribution is -2.10. The molecule has 0 unspecified atom stereocenters. The molecule has 0 aromatic heterocycles. The maximum Gasteiger partial charge on any atom is 0.339 e. The van der Waals surface area contributed by atoms with E-state index in [1.165, 1.54) is 12.1 Å². The number of halogens is 1. The Morgan fingerprint density at radius 1 is 1.14 bits per heavy atom. The van der Waals surface area contributed by atoms with E-state index in [-0.39, 0.29) is 17.9 Å². The fourth-order valence-corrected chi connectivity index (χ4v) is 1.89. The number of carboxylic acids is 1. The van der Waals surface area contributed by atoms with Crippen molar-refractivity contribution in [3.05, 3.63) is 64.2 Å². The highest BCUT2D eigenvalue weighted by molar-refractivity contribution is 6.31. The number of rotatable bonds is 5. The van der Waals surface area contributed by atoms with Gasteiger partial charge in [-0.15, -0.1) is 0 Å². The number of hydrogen-bond acceptors (Lipinski definition) is 3.